The average molecular weight is 498 g/mol. The molecule has 0 fully saturated rings. The van der Waals surface area contributed by atoms with E-state index < -0.39 is 0 Å². The fraction of sp³-hybridized carbons (Fsp3) is 0.333. The first-order valence-electron chi connectivity index (χ1n) is 11.5. The summed E-state index contributed by atoms with van der Waals surface area (Å²) < 4.78 is 0. The van der Waals surface area contributed by atoms with Crippen LogP contribution in [0, 0.1) is 12.8 Å². The minimum atomic E-state index is -0.302. The highest BCUT2D eigenvalue weighted by atomic mass is 35.5. The maximum atomic E-state index is 13.5. The Labute approximate surface area is 211 Å². The summed E-state index contributed by atoms with van der Waals surface area (Å²) in [6.07, 6.45) is 0.914. The van der Waals surface area contributed by atoms with Gasteiger partial charge in [0, 0.05) is 28.7 Å². The quantitative estimate of drug-likeness (QED) is 0.334. The lowest BCUT2D eigenvalue weighted by Gasteiger charge is -2.29. The van der Waals surface area contributed by atoms with E-state index in [0.717, 1.165) is 22.4 Å². The van der Waals surface area contributed by atoms with Crippen molar-refractivity contribution in [3.05, 3.63) is 87.1 Å². The summed E-state index contributed by atoms with van der Waals surface area (Å²) in [5.41, 5.74) is 2.61. The molecule has 0 aliphatic carbocycles. The Hall–Kier alpha value is -2.83. The van der Waals surface area contributed by atoms with Gasteiger partial charge in [-0.3, -0.25) is 4.79 Å². The normalized spacial score (nSPS) is 11.6. The molecule has 5 nitrogen and oxygen atoms in total. The lowest BCUT2D eigenvalue weighted by atomic mass is 10.1. The van der Waals surface area contributed by atoms with E-state index in [1.165, 1.54) is 0 Å². The number of urea groups is 1. The smallest absolute Gasteiger partial charge is 0.322 e. The van der Waals surface area contributed by atoms with Crippen molar-refractivity contribution in [1.82, 2.24) is 9.80 Å². The molecule has 3 amide bonds. The Morgan fingerprint density at radius 2 is 1.79 bits per heavy atom. The van der Waals surface area contributed by atoms with Crippen LogP contribution < -0.4 is 5.32 Å². The second kappa shape index (κ2) is 12.6. The van der Waals surface area contributed by atoms with Gasteiger partial charge in [-0.25, -0.2) is 4.79 Å². The zero-order chi connectivity index (χ0) is 24.5. The molecular weight excluding hydrogens is 466 g/mol. The maximum Gasteiger partial charge on any atom is 0.322 e. The Kier molecular flexibility index (Phi) is 9.54. The van der Waals surface area contributed by atoms with Gasteiger partial charge in [-0.05, 0) is 47.5 Å². The number of halogens is 1. The highest BCUT2D eigenvalue weighted by Crippen LogP contribution is 2.21. The summed E-state index contributed by atoms with van der Waals surface area (Å²) in [6.45, 7) is 7.58. The molecule has 0 saturated heterocycles. The van der Waals surface area contributed by atoms with Gasteiger partial charge in [-0.1, -0.05) is 74.3 Å². The van der Waals surface area contributed by atoms with Crippen LogP contribution in [-0.2, 0) is 17.9 Å². The molecule has 0 bridgehead atoms. The van der Waals surface area contributed by atoms with Gasteiger partial charge in [-0.2, -0.15) is 0 Å². The van der Waals surface area contributed by atoms with E-state index in [1.54, 1.807) is 22.3 Å². The monoisotopic (exact) mass is 497 g/mol. The van der Waals surface area contributed by atoms with Crippen LogP contribution in [0.3, 0.4) is 0 Å². The van der Waals surface area contributed by atoms with Crippen LogP contribution in [0.25, 0.3) is 0 Å². The van der Waals surface area contributed by atoms with E-state index in [2.05, 4.69) is 19.2 Å². The van der Waals surface area contributed by atoms with Crippen molar-refractivity contribution in [2.75, 3.05) is 18.4 Å². The van der Waals surface area contributed by atoms with E-state index in [9.17, 15) is 9.59 Å². The third-order valence-electron chi connectivity index (χ3n) is 5.76. The second-order valence-electron chi connectivity index (χ2n) is 8.60. The van der Waals surface area contributed by atoms with E-state index in [0.29, 0.717) is 30.3 Å². The largest absolute Gasteiger partial charge is 0.332 e. The summed E-state index contributed by atoms with van der Waals surface area (Å²) in [7, 11) is 0. The van der Waals surface area contributed by atoms with Crippen LogP contribution in [0.4, 0.5) is 10.5 Å². The zero-order valence-corrected chi connectivity index (χ0v) is 21.5. The molecule has 0 aliphatic heterocycles. The first-order valence-corrected chi connectivity index (χ1v) is 12.8. The molecule has 0 saturated carbocycles. The Balaban J connectivity index is 1.77. The summed E-state index contributed by atoms with van der Waals surface area (Å²) in [4.78, 5) is 31.2. The van der Waals surface area contributed by atoms with Crippen molar-refractivity contribution in [2.45, 2.75) is 40.3 Å². The van der Waals surface area contributed by atoms with Crippen molar-refractivity contribution in [2.24, 2.45) is 5.92 Å². The SMILES string of the molecule is CCC(C)CN(CC(=O)N(Cc1ccccc1)Cc1cccs1)C(=O)Nc1ccc(C)c(Cl)c1. The topological polar surface area (TPSA) is 52.7 Å². The van der Waals surface area contributed by atoms with Gasteiger partial charge in [0.05, 0.1) is 6.54 Å². The molecular formula is C27H32ClN3O2S. The second-order valence-corrected chi connectivity index (χ2v) is 10.0. The number of nitrogens with zero attached hydrogens (tertiary/aromatic N) is 2. The van der Waals surface area contributed by atoms with Gasteiger partial charge in [0.1, 0.15) is 6.54 Å². The number of thiophene rings is 1. The fourth-order valence-electron chi connectivity index (χ4n) is 3.49. The molecule has 0 radical (unpaired) electrons. The minimum absolute atomic E-state index is 0.00791. The van der Waals surface area contributed by atoms with Crippen LogP contribution in [0.2, 0.25) is 5.02 Å². The number of benzene rings is 2. The minimum Gasteiger partial charge on any atom is -0.332 e. The van der Waals surface area contributed by atoms with E-state index in [-0.39, 0.29) is 24.4 Å². The molecule has 7 heteroatoms. The van der Waals surface area contributed by atoms with E-state index >= 15 is 0 Å². The Morgan fingerprint density at radius 3 is 2.44 bits per heavy atom. The van der Waals surface area contributed by atoms with E-state index in [4.69, 9.17) is 11.6 Å². The molecule has 1 atom stereocenters. The van der Waals surface area contributed by atoms with Gasteiger partial charge in [0.2, 0.25) is 5.91 Å². The number of rotatable bonds is 10. The van der Waals surface area contributed by atoms with Gasteiger partial charge < -0.3 is 15.1 Å². The summed E-state index contributed by atoms with van der Waals surface area (Å²) in [5, 5.41) is 5.51. The lowest BCUT2D eigenvalue weighted by molar-refractivity contribution is -0.133. The standard InChI is InChI=1S/C27H32ClN3O2S/c1-4-20(2)16-31(27(33)29-23-13-12-21(3)25(28)15-23)19-26(32)30(18-24-11-8-14-34-24)17-22-9-6-5-7-10-22/h5-15,20H,4,16-19H2,1-3H3,(H,29,33). The number of aryl methyl sites for hydroxylation is 1. The predicted octanol–water partition coefficient (Wildman–Crippen LogP) is 6.82. The number of hydrogen-bond acceptors (Lipinski definition) is 3. The zero-order valence-electron chi connectivity index (χ0n) is 20.0. The molecule has 1 heterocycles. The molecule has 0 aliphatic rings. The van der Waals surface area contributed by atoms with Crippen molar-refractivity contribution in [3.63, 3.8) is 0 Å². The number of hydrogen-bond donors (Lipinski definition) is 1. The molecule has 0 spiro atoms. The lowest BCUT2D eigenvalue weighted by Crippen LogP contribution is -2.45. The number of carbonyl (C=O) groups is 2. The molecule has 1 N–H and O–H groups in total. The molecule has 180 valence electrons. The molecule has 3 rings (SSSR count). The first kappa shape index (κ1) is 25.8. The number of amides is 3. The van der Waals surface area contributed by atoms with Gasteiger partial charge in [0.15, 0.2) is 0 Å². The third kappa shape index (κ3) is 7.61. The fourth-order valence-corrected chi connectivity index (χ4v) is 4.39. The van der Waals surface area contributed by atoms with Crippen molar-refractivity contribution in [3.8, 4) is 0 Å². The molecule has 1 unspecified atom stereocenters. The number of nitrogens with one attached hydrogen (secondary N) is 1. The first-order chi connectivity index (χ1) is 16.4. The summed E-state index contributed by atoms with van der Waals surface area (Å²) in [6, 6.07) is 19.1. The van der Waals surface area contributed by atoms with Crippen LogP contribution in [0.15, 0.2) is 66.0 Å². The van der Waals surface area contributed by atoms with Gasteiger partial charge in [-0.15, -0.1) is 11.3 Å². The third-order valence-corrected chi connectivity index (χ3v) is 7.03. The molecule has 3 aromatic rings. The van der Waals surface area contributed by atoms with Crippen molar-refractivity contribution < 1.29 is 9.59 Å². The summed E-state index contributed by atoms with van der Waals surface area (Å²) >= 11 is 7.85. The van der Waals surface area contributed by atoms with E-state index in [1.807, 2.05) is 71.8 Å². The number of carbonyl (C=O) groups excluding carboxylic acids is 2. The Morgan fingerprint density at radius 1 is 1.03 bits per heavy atom. The summed E-state index contributed by atoms with van der Waals surface area (Å²) in [5.74, 6) is 0.178. The number of anilines is 1. The van der Waals surface area contributed by atoms with Crippen LogP contribution >= 0.6 is 22.9 Å². The van der Waals surface area contributed by atoms with Crippen LogP contribution in [0.5, 0.6) is 0 Å². The van der Waals surface area contributed by atoms with Crippen molar-refractivity contribution in [1.29, 1.82) is 0 Å². The van der Waals surface area contributed by atoms with Crippen LogP contribution in [-0.4, -0.2) is 34.8 Å². The highest BCUT2D eigenvalue weighted by Gasteiger charge is 2.23. The van der Waals surface area contributed by atoms with Gasteiger partial charge in [0.25, 0.3) is 0 Å². The average Bonchev–Trinajstić information content (AvgIpc) is 3.34. The highest BCUT2D eigenvalue weighted by molar-refractivity contribution is 7.09. The predicted molar refractivity (Wildman–Crippen MR) is 141 cm³/mol. The molecule has 34 heavy (non-hydrogen) atoms. The molecule has 2 aromatic carbocycles. The van der Waals surface area contributed by atoms with Gasteiger partial charge >= 0.3 is 6.03 Å². The van der Waals surface area contributed by atoms with Crippen molar-refractivity contribution >= 4 is 40.6 Å². The Bertz CT molecular complexity index is 1070. The molecule has 1 aromatic heterocycles. The maximum absolute atomic E-state index is 13.5. The van der Waals surface area contributed by atoms with Crippen LogP contribution in [0.1, 0.15) is 36.3 Å².